The van der Waals surface area contributed by atoms with E-state index in [1.165, 1.54) is 27.3 Å². The van der Waals surface area contributed by atoms with E-state index in [4.69, 9.17) is 0 Å². The summed E-state index contributed by atoms with van der Waals surface area (Å²) in [5.41, 5.74) is 2.13. The Balaban J connectivity index is 1.99. The summed E-state index contributed by atoms with van der Waals surface area (Å²) in [5, 5.41) is 0. The molecule has 0 unspecified atom stereocenters. The van der Waals surface area contributed by atoms with Crippen molar-refractivity contribution in [1.29, 1.82) is 0 Å². The number of nitrogens with zero attached hydrogens (tertiary/aromatic N) is 4. The average Bonchev–Trinajstić information content (AvgIpc) is 3.10. The molecule has 30 heavy (non-hydrogen) atoms. The molecule has 2 aromatic carbocycles. The topological polar surface area (TPSA) is 61.8 Å². The minimum Gasteiger partial charge on any atom is -0.320 e. The van der Waals surface area contributed by atoms with E-state index < -0.39 is 11.5 Å². The van der Waals surface area contributed by atoms with Crippen LogP contribution in [0.1, 0.15) is 25.0 Å². The zero-order chi connectivity index (χ0) is 21.4. The van der Waals surface area contributed by atoms with E-state index >= 15 is 0 Å². The monoisotopic (exact) mass is 406 g/mol. The van der Waals surface area contributed by atoms with Crippen LogP contribution in [-0.4, -0.2) is 18.7 Å². The molecule has 0 aliphatic carbocycles. The van der Waals surface area contributed by atoms with Crippen LogP contribution >= 0.6 is 0 Å². The molecule has 0 amide bonds. The molecule has 2 aromatic heterocycles. The first kappa shape index (κ1) is 19.8. The molecule has 0 spiro atoms. The summed E-state index contributed by atoms with van der Waals surface area (Å²) >= 11 is 0. The molecule has 0 aliphatic heterocycles. The summed E-state index contributed by atoms with van der Waals surface area (Å²) in [6.45, 7) is 6.59. The van der Waals surface area contributed by atoms with E-state index in [9.17, 15) is 14.0 Å². The Morgan fingerprint density at radius 1 is 1.07 bits per heavy atom. The third kappa shape index (κ3) is 3.58. The van der Waals surface area contributed by atoms with Gasteiger partial charge in [-0.15, -0.1) is 0 Å². The fraction of sp³-hybridized carbons (Fsp3) is 0.261. The molecule has 0 N–H and O–H groups in total. The smallest absolute Gasteiger partial charge is 0.320 e. The second kappa shape index (κ2) is 7.74. The van der Waals surface area contributed by atoms with Gasteiger partial charge in [-0.3, -0.25) is 9.36 Å². The van der Waals surface area contributed by atoms with Gasteiger partial charge in [0.05, 0.1) is 12.0 Å². The van der Waals surface area contributed by atoms with Crippen LogP contribution in [0.5, 0.6) is 0 Å². The summed E-state index contributed by atoms with van der Waals surface area (Å²) in [7, 11) is 0. The predicted octanol–water partition coefficient (Wildman–Crippen LogP) is 3.50. The third-order valence-electron chi connectivity index (χ3n) is 4.99. The van der Waals surface area contributed by atoms with Crippen molar-refractivity contribution in [1.82, 2.24) is 18.7 Å². The summed E-state index contributed by atoms with van der Waals surface area (Å²) in [6, 6.07) is 13.8. The summed E-state index contributed by atoms with van der Waals surface area (Å²) in [4.78, 5) is 30.9. The lowest BCUT2D eigenvalue weighted by molar-refractivity contribution is 0.488. The van der Waals surface area contributed by atoms with Gasteiger partial charge in [0.2, 0.25) is 0 Å². The Hall–Kier alpha value is -3.48. The lowest BCUT2D eigenvalue weighted by atomic mass is 10.1. The van der Waals surface area contributed by atoms with E-state index in [1.807, 2.05) is 45.0 Å². The van der Waals surface area contributed by atoms with Crippen LogP contribution in [-0.2, 0) is 13.1 Å². The van der Waals surface area contributed by atoms with Gasteiger partial charge < -0.3 is 4.57 Å². The average molecular weight is 406 g/mol. The maximum Gasteiger partial charge on any atom is 0.337 e. The number of hydrogen-bond acceptors (Lipinski definition) is 3. The molecule has 0 aliphatic rings. The number of rotatable bonds is 5. The Kier molecular flexibility index (Phi) is 5.11. The highest BCUT2D eigenvalue weighted by Gasteiger charge is 2.20. The molecule has 0 atom stereocenters. The Morgan fingerprint density at radius 3 is 2.47 bits per heavy atom. The first-order valence-electron chi connectivity index (χ1n) is 9.87. The van der Waals surface area contributed by atoms with Gasteiger partial charge in [0, 0.05) is 13.1 Å². The number of aromatic nitrogens is 4. The van der Waals surface area contributed by atoms with E-state index in [0.717, 1.165) is 11.1 Å². The molecule has 4 rings (SSSR count). The van der Waals surface area contributed by atoms with Gasteiger partial charge in [-0.2, -0.15) is 0 Å². The normalized spacial score (nSPS) is 11.5. The van der Waals surface area contributed by atoms with E-state index in [2.05, 4.69) is 4.98 Å². The highest BCUT2D eigenvalue weighted by atomic mass is 19.1. The minimum atomic E-state index is -0.521. The molecule has 0 saturated heterocycles. The van der Waals surface area contributed by atoms with Gasteiger partial charge in [-0.25, -0.2) is 18.7 Å². The predicted molar refractivity (Wildman–Crippen MR) is 115 cm³/mol. The largest absolute Gasteiger partial charge is 0.337 e. The van der Waals surface area contributed by atoms with E-state index in [1.54, 1.807) is 17.0 Å². The lowest BCUT2D eigenvalue weighted by Gasteiger charge is -2.14. The summed E-state index contributed by atoms with van der Waals surface area (Å²) in [6.07, 6.45) is 1.56. The molecule has 4 aromatic rings. The van der Waals surface area contributed by atoms with Crippen LogP contribution in [0.15, 0.2) is 64.4 Å². The van der Waals surface area contributed by atoms with Crippen LogP contribution in [0.3, 0.4) is 0 Å². The molecular weight excluding hydrogens is 383 g/mol. The molecule has 6 nitrogen and oxygen atoms in total. The van der Waals surface area contributed by atoms with Crippen molar-refractivity contribution in [3.05, 3.63) is 92.6 Å². The zero-order valence-electron chi connectivity index (χ0n) is 17.2. The second-order valence-corrected chi connectivity index (χ2v) is 7.94. The van der Waals surface area contributed by atoms with Gasteiger partial charge >= 0.3 is 5.69 Å². The standard InChI is InChI=1S/C23H23FN4O2/c1-15(2)12-27-22(29)20-21(28(23(27)30)19-6-4-5-18(24)11-19)25-14-26(20)13-17-9-7-16(3)8-10-17/h4-11,14-15H,12-13H2,1-3H3. The highest BCUT2D eigenvalue weighted by molar-refractivity contribution is 5.72. The van der Waals surface area contributed by atoms with Crippen LogP contribution in [0.2, 0.25) is 0 Å². The van der Waals surface area contributed by atoms with Crippen molar-refractivity contribution < 1.29 is 4.39 Å². The van der Waals surface area contributed by atoms with Crippen LogP contribution < -0.4 is 11.2 Å². The van der Waals surface area contributed by atoms with Crippen LogP contribution in [0, 0.1) is 18.7 Å². The summed E-state index contributed by atoms with van der Waals surface area (Å²) in [5.74, 6) is -0.379. The lowest BCUT2D eigenvalue weighted by Crippen LogP contribution is -2.41. The van der Waals surface area contributed by atoms with Crippen molar-refractivity contribution in [2.24, 2.45) is 5.92 Å². The highest BCUT2D eigenvalue weighted by Crippen LogP contribution is 2.16. The maximum atomic E-state index is 13.9. The molecule has 0 fully saturated rings. The molecule has 2 heterocycles. The number of benzene rings is 2. The van der Waals surface area contributed by atoms with Gasteiger partial charge in [-0.05, 0) is 36.6 Å². The molecule has 0 radical (unpaired) electrons. The fourth-order valence-corrected chi connectivity index (χ4v) is 3.56. The third-order valence-corrected chi connectivity index (χ3v) is 4.99. The van der Waals surface area contributed by atoms with E-state index in [-0.39, 0.29) is 23.7 Å². The summed E-state index contributed by atoms with van der Waals surface area (Å²) < 4.78 is 18.2. The Labute approximate surface area is 172 Å². The number of aryl methyl sites for hydroxylation is 1. The van der Waals surface area contributed by atoms with E-state index in [0.29, 0.717) is 17.7 Å². The van der Waals surface area contributed by atoms with Gasteiger partial charge in [0.15, 0.2) is 11.2 Å². The van der Waals surface area contributed by atoms with Crippen molar-refractivity contribution in [3.8, 4) is 5.69 Å². The van der Waals surface area contributed by atoms with Crippen molar-refractivity contribution >= 4 is 11.2 Å². The van der Waals surface area contributed by atoms with Crippen LogP contribution in [0.4, 0.5) is 4.39 Å². The first-order valence-corrected chi connectivity index (χ1v) is 9.87. The zero-order valence-corrected chi connectivity index (χ0v) is 17.2. The SMILES string of the molecule is Cc1ccc(Cn2cnc3c2c(=O)n(CC(C)C)c(=O)n3-c2cccc(F)c2)cc1. The van der Waals surface area contributed by atoms with Crippen molar-refractivity contribution in [3.63, 3.8) is 0 Å². The quantitative estimate of drug-likeness (QED) is 0.510. The number of fused-ring (bicyclic) bond motifs is 1. The van der Waals surface area contributed by atoms with Crippen molar-refractivity contribution in [2.45, 2.75) is 33.9 Å². The van der Waals surface area contributed by atoms with Gasteiger partial charge in [0.1, 0.15) is 5.82 Å². The Morgan fingerprint density at radius 2 is 1.80 bits per heavy atom. The minimum absolute atomic E-state index is 0.0854. The fourth-order valence-electron chi connectivity index (χ4n) is 3.56. The Bertz CT molecular complexity index is 1330. The number of halogens is 1. The second-order valence-electron chi connectivity index (χ2n) is 7.94. The molecule has 0 bridgehead atoms. The van der Waals surface area contributed by atoms with Gasteiger partial charge in [0.25, 0.3) is 5.56 Å². The first-order chi connectivity index (χ1) is 14.3. The molecular formula is C23H23FN4O2. The number of imidazole rings is 1. The van der Waals surface area contributed by atoms with Gasteiger partial charge in [-0.1, -0.05) is 49.7 Å². The molecule has 0 saturated carbocycles. The molecule has 7 heteroatoms. The van der Waals surface area contributed by atoms with Crippen molar-refractivity contribution in [2.75, 3.05) is 0 Å². The number of hydrogen-bond donors (Lipinski definition) is 0. The molecule has 154 valence electrons. The maximum absolute atomic E-state index is 13.9. The van der Waals surface area contributed by atoms with Crippen LogP contribution in [0.25, 0.3) is 16.9 Å².